The van der Waals surface area contributed by atoms with Gasteiger partial charge in [0.05, 0.1) is 0 Å². The van der Waals surface area contributed by atoms with Gasteiger partial charge in [-0.15, -0.1) is 23.2 Å². The average molecular weight is 388 g/mol. The van der Waals surface area contributed by atoms with E-state index in [1.165, 1.54) is 38.5 Å². The molecule has 1 amide bonds. The van der Waals surface area contributed by atoms with E-state index in [-0.39, 0.29) is 24.0 Å². The maximum absolute atomic E-state index is 12.3. The van der Waals surface area contributed by atoms with Gasteiger partial charge in [-0.2, -0.15) is 0 Å². The summed E-state index contributed by atoms with van der Waals surface area (Å²) in [7, 11) is 0. The largest absolute Gasteiger partial charge is 0.455 e. The van der Waals surface area contributed by atoms with Gasteiger partial charge in [-0.25, -0.2) is 0 Å². The SMILES string of the molecule is C[C@@H](NC(=O)COC(=O)[C@@]1(C)CC1(Cl)Cl)C12CC3CC(CC(C3)C1)C2. The van der Waals surface area contributed by atoms with Crippen molar-refractivity contribution in [3.63, 3.8) is 0 Å². The van der Waals surface area contributed by atoms with Crippen LogP contribution in [0.15, 0.2) is 0 Å². The van der Waals surface area contributed by atoms with Crippen molar-refractivity contribution >= 4 is 35.1 Å². The van der Waals surface area contributed by atoms with Gasteiger partial charge in [0.25, 0.3) is 5.91 Å². The number of esters is 1. The lowest BCUT2D eigenvalue weighted by molar-refractivity contribution is -0.154. The van der Waals surface area contributed by atoms with Crippen molar-refractivity contribution in [3.05, 3.63) is 0 Å². The molecule has 5 fully saturated rings. The smallest absolute Gasteiger partial charge is 0.315 e. The van der Waals surface area contributed by atoms with E-state index in [1.807, 2.05) is 0 Å². The molecular formula is C19H27Cl2NO3. The van der Waals surface area contributed by atoms with Gasteiger partial charge in [-0.1, -0.05) is 0 Å². The zero-order chi connectivity index (χ0) is 18.0. The van der Waals surface area contributed by atoms with Gasteiger partial charge < -0.3 is 10.1 Å². The number of halogens is 2. The Morgan fingerprint density at radius 2 is 1.60 bits per heavy atom. The second kappa shape index (κ2) is 5.76. The van der Waals surface area contributed by atoms with Crippen LogP contribution in [0.1, 0.15) is 58.8 Å². The first-order valence-electron chi connectivity index (χ1n) is 9.48. The van der Waals surface area contributed by atoms with E-state index in [0.29, 0.717) is 6.42 Å². The molecule has 4 bridgehead atoms. The zero-order valence-electron chi connectivity index (χ0n) is 14.9. The van der Waals surface area contributed by atoms with Crippen LogP contribution in [0.3, 0.4) is 0 Å². The van der Waals surface area contributed by atoms with Crippen LogP contribution in [-0.2, 0) is 14.3 Å². The quantitative estimate of drug-likeness (QED) is 0.575. The van der Waals surface area contributed by atoms with E-state index in [2.05, 4.69) is 12.2 Å². The molecule has 1 N–H and O–H groups in total. The number of carbonyl (C=O) groups excluding carboxylic acids is 2. The summed E-state index contributed by atoms with van der Waals surface area (Å²) in [6.45, 7) is 3.54. The predicted octanol–water partition coefficient (Wildman–Crippen LogP) is 3.83. The number of amides is 1. The minimum Gasteiger partial charge on any atom is -0.455 e. The highest BCUT2D eigenvalue weighted by Gasteiger charge is 2.69. The molecule has 0 aliphatic heterocycles. The van der Waals surface area contributed by atoms with Crippen molar-refractivity contribution in [1.82, 2.24) is 5.32 Å². The van der Waals surface area contributed by atoms with E-state index < -0.39 is 15.7 Å². The molecule has 0 heterocycles. The van der Waals surface area contributed by atoms with Crippen molar-refractivity contribution < 1.29 is 14.3 Å². The minimum absolute atomic E-state index is 0.128. The second-order valence-electron chi connectivity index (χ2n) is 9.36. The number of alkyl halides is 2. The minimum atomic E-state index is -1.06. The third-order valence-electron chi connectivity index (χ3n) is 7.42. The Hall–Kier alpha value is -0.480. The molecular weight excluding hydrogens is 361 g/mol. The summed E-state index contributed by atoms with van der Waals surface area (Å²) in [6.07, 6.45) is 8.23. The Bertz CT molecular complexity index is 570. The molecule has 5 aliphatic carbocycles. The lowest BCUT2D eigenvalue weighted by atomic mass is 9.48. The molecule has 0 radical (unpaired) electrons. The van der Waals surface area contributed by atoms with Crippen LogP contribution in [-0.4, -0.2) is 28.9 Å². The van der Waals surface area contributed by atoms with Gasteiger partial charge in [0, 0.05) is 12.5 Å². The molecule has 5 saturated carbocycles. The van der Waals surface area contributed by atoms with Crippen LogP contribution in [0, 0.1) is 28.6 Å². The van der Waals surface area contributed by atoms with Gasteiger partial charge in [0.2, 0.25) is 0 Å². The Kier molecular flexibility index (Phi) is 4.12. The van der Waals surface area contributed by atoms with Crippen molar-refractivity contribution in [2.75, 3.05) is 6.61 Å². The fourth-order valence-corrected chi connectivity index (χ4v) is 6.74. The lowest BCUT2D eigenvalue weighted by Crippen LogP contribution is -2.56. The molecule has 4 nitrogen and oxygen atoms in total. The fourth-order valence-electron chi connectivity index (χ4n) is 6.06. The first-order chi connectivity index (χ1) is 11.6. The Morgan fingerprint density at radius 3 is 2.04 bits per heavy atom. The highest BCUT2D eigenvalue weighted by atomic mass is 35.5. The number of hydrogen-bond donors (Lipinski definition) is 1. The van der Waals surface area contributed by atoms with E-state index in [4.69, 9.17) is 27.9 Å². The molecule has 5 aliphatic rings. The van der Waals surface area contributed by atoms with Crippen LogP contribution in [0.2, 0.25) is 0 Å². The van der Waals surface area contributed by atoms with Gasteiger partial charge in [0.15, 0.2) is 6.61 Å². The molecule has 0 spiro atoms. The van der Waals surface area contributed by atoms with Crippen LogP contribution in [0.5, 0.6) is 0 Å². The lowest BCUT2D eigenvalue weighted by Gasteiger charge is -2.59. The van der Waals surface area contributed by atoms with Gasteiger partial charge >= 0.3 is 5.97 Å². The number of hydrogen-bond acceptors (Lipinski definition) is 3. The molecule has 6 heteroatoms. The normalized spacial score (nSPS) is 44.2. The molecule has 0 unspecified atom stereocenters. The van der Waals surface area contributed by atoms with Gasteiger partial charge in [0.1, 0.15) is 9.75 Å². The maximum Gasteiger partial charge on any atom is 0.315 e. The summed E-state index contributed by atoms with van der Waals surface area (Å²) < 4.78 is 4.10. The molecule has 5 rings (SSSR count). The van der Waals surface area contributed by atoms with Crippen LogP contribution in [0.25, 0.3) is 0 Å². The number of rotatable bonds is 5. The maximum atomic E-state index is 12.3. The Morgan fingerprint density at radius 1 is 1.12 bits per heavy atom. The highest BCUT2D eigenvalue weighted by Crippen LogP contribution is 2.64. The number of carbonyl (C=O) groups is 2. The molecule has 0 aromatic heterocycles. The number of ether oxygens (including phenoxy) is 1. The third-order valence-corrected chi connectivity index (χ3v) is 8.53. The van der Waals surface area contributed by atoms with E-state index in [1.54, 1.807) is 6.92 Å². The first-order valence-corrected chi connectivity index (χ1v) is 10.2. The summed E-state index contributed by atoms with van der Waals surface area (Å²) >= 11 is 12.0. The van der Waals surface area contributed by atoms with Crippen molar-refractivity contribution in [2.45, 2.75) is 69.2 Å². The number of nitrogens with one attached hydrogen (secondary N) is 1. The van der Waals surface area contributed by atoms with E-state index in [9.17, 15) is 9.59 Å². The van der Waals surface area contributed by atoms with Crippen LogP contribution >= 0.6 is 23.2 Å². The summed E-state index contributed by atoms with van der Waals surface area (Å²) in [5.74, 6) is 1.82. The van der Waals surface area contributed by atoms with Crippen molar-refractivity contribution in [3.8, 4) is 0 Å². The molecule has 140 valence electrons. The summed E-state index contributed by atoms with van der Waals surface area (Å²) in [5, 5.41) is 3.10. The predicted molar refractivity (Wildman–Crippen MR) is 96.3 cm³/mol. The summed E-state index contributed by atoms with van der Waals surface area (Å²) in [6, 6.07) is 0.128. The molecule has 0 aromatic carbocycles. The summed E-state index contributed by atoms with van der Waals surface area (Å²) in [5.41, 5.74) is -0.639. The second-order valence-corrected chi connectivity index (χ2v) is 10.8. The molecule has 0 aromatic rings. The Balaban J connectivity index is 1.30. The standard InChI is InChI=1S/C19H27Cl2NO3/c1-11(18-6-12-3-13(7-18)5-14(4-12)8-18)22-15(23)9-25-16(24)17(2)10-19(17,20)21/h11-14H,3-10H2,1-2H3,(H,22,23)/t11-,12?,13?,14?,17-,18?/m1/s1. The highest BCUT2D eigenvalue weighted by molar-refractivity contribution is 6.53. The monoisotopic (exact) mass is 387 g/mol. The molecule has 2 atom stereocenters. The van der Waals surface area contributed by atoms with Crippen molar-refractivity contribution in [1.29, 1.82) is 0 Å². The van der Waals surface area contributed by atoms with Gasteiger partial charge in [-0.3, -0.25) is 9.59 Å². The van der Waals surface area contributed by atoms with Crippen LogP contribution < -0.4 is 5.32 Å². The molecule has 0 saturated heterocycles. The van der Waals surface area contributed by atoms with E-state index >= 15 is 0 Å². The third kappa shape index (κ3) is 2.97. The summed E-state index contributed by atoms with van der Waals surface area (Å²) in [4.78, 5) is 24.4. The van der Waals surface area contributed by atoms with Crippen molar-refractivity contribution in [2.24, 2.45) is 28.6 Å². The molecule has 25 heavy (non-hydrogen) atoms. The average Bonchev–Trinajstić information content (AvgIpc) is 3.03. The topological polar surface area (TPSA) is 55.4 Å². The fraction of sp³-hybridized carbons (Fsp3) is 0.895. The zero-order valence-corrected chi connectivity index (χ0v) is 16.5. The van der Waals surface area contributed by atoms with E-state index in [0.717, 1.165) is 17.8 Å². The van der Waals surface area contributed by atoms with Gasteiger partial charge in [-0.05, 0) is 75.5 Å². The Labute approximate surface area is 159 Å². The van der Waals surface area contributed by atoms with Crippen LogP contribution in [0.4, 0.5) is 0 Å². The first kappa shape index (κ1) is 17.9.